The first kappa shape index (κ1) is 22.9. The van der Waals surface area contributed by atoms with Crippen LogP contribution in [0.5, 0.6) is 0 Å². The van der Waals surface area contributed by atoms with Gasteiger partial charge in [0, 0.05) is 0 Å². The van der Waals surface area contributed by atoms with Gasteiger partial charge < -0.3 is 0 Å². The molecule has 0 amide bonds. The van der Waals surface area contributed by atoms with Gasteiger partial charge in [0.05, 0.1) is 0 Å². The van der Waals surface area contributed by atoms with Crippen LogP contribution in [0.4, 0.5) is 0 Å². The van der Waals surface area contributed by atoms with Crippen molar-refractivity contribution in [1.82, 2.24) is 0 Å². The minimum atomic E-state index is 0.796. The fourth-order valence-corrected chi connectivity index (χ4v) is 6.54. The molecule has 0 saturated heterocycles. The maximum Gasteiger partial charge on any atom is -0.0162 e. The van der Waals surface area contributed by atoms with Gasteiger partial charge in [-0.25, -0.2) is 0 Å². The minimum absolute atomic E-state index is 0.796. The second-order valence-electron chi connectivity index (χ2n) is 11.0. The molecule has 2 aromatic carbocycles. The van der Waals surface area contributed by atoms with Crippen LogP contribution in [0.25, 0.3) is 10.8 Å². The lowest BCUT2D eigenvalue weighted by Gasteiger charge is -2.32. The summed E-state index contributed by atoms with van der Waals surface area (Å²) in [6.45, 7) is 4.57. The van der Waals surface area contributed by atoms with Gasteiger partial charge >= 0.3 is 0 Å². The Morgan fingerprint density at radius 1 is 0.613 bits per heavy atom. The maximum atomic E-state index is 2.48. The standard InChI is InChI=1S/C31H46/c1-3-5-6-7-25-8-10-26(11-9-25)12-13-27-15-17-28(18-16-27)30-21-20-29-22-24(4-2)14-19-31(29)23-30/h14,19-23,25-28H,3-13,15-18H2,1-2H3. The smallest absolute Gasteiger partial charge is 0.0162 e. The molecule has 0 radical (unpaired) electrons. The summed E-state index contributed by atoms with van der Waals surface area (Å²) in [5.41, 5.74) is 3.04. The highest BCUT2D eigenvalue weighted by atomic mass is 14.3. The van der Waals surface area contributed by atoms with Gasteiger partial charge in [0.1, 0.15) is 0 Å². The van der Waals surface area contributed by atoms with E-state index in [-0.39, 0.29) is 0 Å². The number of fused-ring (bicyclic) bond motifs is 1. The quantitative estimate of drug-likeness (QED) is 0.355. The largest absolute Gasteiger partial charge is 0.0654 e. The average Bonchev–Trinajstić information content (AvgIpc) is 2.83. The molecule has 2 fully saturated rings. The Morgan fingerprint density at radius 2 is 1.19 bits per heavy atom. The molecule has 31 heavy (non-hydrogen) atoms. The number of benzene rings is 2. The Bertz CT molecular complexity index is 787. The lowest BCUT2D eigenvalue weighted by molar-refractivity contribution is 0.222. The third kappa shape index (κ3) is 6.36. The fraction of sp³-hybridized carbons (Fsp3) is 0.677. The Labute approximate surface area is 192 Å². The fourth-order valence-electron chi connectivity index (χ4n) is 6.54. The molecule has 0 heterocycles. The van der Waals surface area contributed by atoms with Crippen molar-refractivity contribution in [2.24, 2.45) is 17.8 Å². The van der Waals surface area contributed by atoms with Gasteiger partial charge in [-0.2, -0.15) is 0 Å². The van der Waals surface area contributed by atoms with Crippen molar-refractivity contribution >= 4 is 10.8 Å². The molecule has 2 aliphatic rings. The summed E-state index contributed by atoms with van der Waals surface area (Å²) in [6.07, 6.45) is 21.8. The van der Waals surface area contributed by atoms with Gasteiger partial charge in [0.2, 0.25) is 0 Å². The number of unbranched alkanes of at least 4 members (excludes halogenated alkanes) is 2. The van der Waals surface area contributed by atoms with Crippen molar-refractivity contribution in [3.63, 3.8) is 0 Å². The molecule has 0 nitrogen and oxygen atoms in total. The number of hydrogen-bond acceptors (Lipinski definition) is 0. The summed E-state index contributed by atoms with van der Waals surface area (Å²) >= 11 is 0. The first-order valence-corrected chi connectivity index (χ1v) is 13.8. The van der Waals surface area contributed by atoms with Crippen LogP contribution in [-0.4, -0.2) is 0 Å². The topological polar surface area (TPSA) is 0 Å². The van der Waals surface area contributed by atoms with E-state index in [9.17, 15) is 0 Å². The summed E-state index contributed by atoms with van der Waals surface area (Å²) < 4.78 is 0. The zero-order valence-electron chi connectivity index (χ0n) is 20.4. The van der Waals surface area contributed by atoms with Crippen molar-refractivity contribution < 1.29 is 0 Å². The van der Waals surface area contributed by atoms with E-state index in [1.807, 2.05) is 0 Å². The second-order valence-corrected chi connectivity index (χ2v) is 11.0. The van der Waals surface area contributed by atoms with Crippen molar-refractivity contribution in [2.75, 3.05) is 0 Å². The second kappa shape index (κ2) is 11.5. The number of hydrogen-bond donors (Lipinski definition) is 0. The molecule has 0 N–H and O–H groups in total. The van der Waals surface area contributed by atoms with Gasteiger partial charge in [-0.15, -0.1) is 0 Å². The van der Waals surface area contributed by atoms with Crippen molar-refractivity contribution in [1.29, 1.82) is 0 Å². The molecule has 0 heteroatoms. The van der Waals surface area contributed by atoms with Crippen LogP contribution in [-0.2, 0) is 6.42 Å². The van der Waals surface area contributed by atoms with E-state index in [1.165, 1.54) is 106 Å². The van der Waals surface area contributed by atoms with Crippen LogP contribution in [0.1, 0.15) is 121 Å². The molecule has 0 spiro atoms. The van der Waals surface area contributed by atoms with Crippen LogP contribution in [0.3, 0.4) is 0 Å². The molecular weight excluding hydrogens is 372 g/mol. The van der Waals surface area contributed by atoms with Gasteiger partial charge in [-0.05, 0) is 77.7 Å². The third-order valence-electron chi connectivity index (χ3n) is 8.82. The summed E-state index contributed by atoms with van der Waals surface area (Å²) in [5, 5.41) is 2.85. The Morgan fingerprint density at radius 3 is 1.84 bits per heavy atom. The minimum Gasteiger partial charge on any atom is -0.0654 e. The molecule has 2 aromatic rings. The van der Waals surface area contributed by atoms with Crippen LogP contribution < -0.4 is 0 Å². The summed E-state index contributed by atoms with van der Waals surface area (Å²) in [4.78, 5) is 0. The third-order valence-corrected chi connectivity index (χ3v) is 8.82. The highest BCUT2D eigenvalue weighted by molar-refractivity contribution is 5.84. The SMILES string of the molecule is CCCCCC1CCC(CCC2CCC(c3ccc4cc(CC)ccc4c3)CC2)CC1. The molecule has 0 aliphatic heterocycles. The summed E-state index contributed by atoms with van der Waals surface area (Å²) in [6, 6.07) is 14.3. The van der Waals surface area contributed by atoms with Gasteiger partial charge in [0.25, 0.3) is 0 Å². The molecule has 2 saturated carbocycles. The normalized spacial score (nSPS) is 26.9. The lowest BCUT2D eigenvalue weighted by Crippen LogP contribution is -2.17. The Hall–Kier alpha value is -1.30. The molecule has 0 atom stereocenters. The predicted octanol–water partition coefficient (Wildman–Crippen LogP) is 9.84. The molecule has 4 rings (SSSR count). The zero-order valence-corrected chi connectivity index (χ0v) is 20.4. The van der Waals surface area contributed by atoms with E-state index < -0.39 is 0 Å². The van der Waals surface area contributed by atoms with E-state index in [0.717, 1.165) is 30.1 Å². The van der Waals surface area contributed by atoms with E-state index >= 15 is 0 Å². The van der Waals surface area contributed by atoms with Crippen LogP contribution in [0.15, 0.2) is 36.4 Å². The first-order chi connectivity index (χ1) is 15.2. The molecule has 0 bridgehead atoms. The van der Waals surface area contributed by atoms with Gasteiger partial charge in [-0.3, -0.25) is 0 Å². The van der Waals surface area contributed by atoms with E-state index in [1.54, 1.807) is 5.56 Å². The van der Waals surface area contributed by atoms with Crippen molar-refractivity contribution in [2.45, 2.75) is 116 Å². The molecule has 0 aromatic heterocycles. The van der Waals surface area contributed by atoms with Crippen LogP contribution >= 0.6 is 0 Å². The van der Waals surface area contributed by atoms with E-state index in [0.29, 0.717) is 0 Å². The first-order valence-electron chi connectivity index (χ1n) is 13.8. The van der Waals surface area contributed by atoms with Gasteiger partial charge in [-0.1, -0.05) is 114 Å². The Balaban J connectivity index is 1.19. The molecule has 170 valence electrons. The highest BCUT2D eigenvalue weighted by Gasteiger charge is 2.25. The van der Waals surface area contributed by atoms with Crippen LogP contribution in [0.2, 0.25) is 0 Å². The molecule has 0 unspecified atom stereocenters. The zero-order chi connectivity index (χ0) is 21.5. The maximum absolute atomic E-state index is 2.48. The summed E-state index contributed by atoms with van der Waals surface area (Å²) in [5.74, 6) is 3.92. The average molecular weight is 419 g/mol. The molecular formula is C31H46. The number of aryl methyl sites for hydroxylation is 1. The van der Waals surface area contributed by atoms with E-state index in [2.05, 4.69) is 50.2 Å². The molecule has 2 aliphatic carbocycles. The predicted molar refractivity (Wildman–Crippen MR) is 137 cm³/mol. The van der Waals surface area contributed by atoms with E-state index in [4.69, 9.17) is 0 Å². The lowest BCUT2D eigenvalue weighted by atomic mass is 9.74. The van der Waals surface area contributed by atoms with Gasteiger partial charge in [0.15, 0.2) is 0 Å². The monoisotopic (exact) mass is 418 g/mol. The van der Waals surface area contributed by atoms with Crippen LogP contribution in [0, 0.1) is 17.8 Å². The summed E-state index contributed by atoms with van der Waals surface area (Å²) in [7, 11) is 0. The van der Waals surface area contributed by atoms with Crippen molar-refractivity contribution in [3.8, 4) is 0 Å². The Kier molecular flexibility index (Phi) is 8.51. The number of rotatable bonds is 9. The van der Waals surface area contributed by atoms with Crippen molar-refractivity contribution in [3.05, 3.63) is 47.5 Å². The highest BCUT2D eigenvalue weighted by Crippen LogP contribution is 2.40.